The van der Waals surface area contributed by atoms with E-state index in [1.54, 1.807) is 12.4 Å². The second-order valence-electron chi connectivity index (χ2n) is 3.74. The van der Waals surface area contributed by atoms with Crippen LogP contribution in [-0.4, -0.2) is 36.8 Å². The molecular formula is C12H18BN3O2S. The Morgan fingerprint density at radius 3 is 2.95 bits per heavy atom. The van der Waals surface area contributed by atoms with Crippen LogP contribution in [0.5, 0.6) is 0 Å². The average Bonchev–Trinajstić information content (AvgIpc) is 2.95. The summed E-state index contributed by atoms with van der Waals surface area (Å²) in [7, 11) is 1.52. The number of aliphatic hydroxyl groups is 1. The molecule has 1 N–H and O–H groups in total. The number of thiazole rings is 1. The summed E-state index contributed by atoms with van der Waals surface area (Å²) >= 11 is 1.41. The smallest absolute Gasteiger partial charge is 0.323 e. The molecule has 19 heavy (non-hydrogen) atoms. The summed E-state index contributed by atoms with van der Waals surface area (Å²) < 4.78 is 4.84. The van der Waals surface area contributed by atoms with E-state index in [4.69, 9.17) is 4.65 Å². The number of hydrogen-bond acceptors (Lipinski definition) is 6. The molecule has 0 aliphatic rings. The Kier molecular flexibility index (Phi) is 7.06. The normalized spacial score (nSPS) is 16.1. The highest BCUT2D eigenvalue weighted by molar-refractivity contribution is 7.09. The van der Waals surface area contributed by atoms with Gasteiger partial charge in [-0.15, -0.1) is 11.3 Å². The molecule has 2 atom stereocenters. The molecule has 1 aromatic heterocycles. The Morgan fingerprint density at radius 2 is 2.42 bits per heavy atom. The monoisotopic (exact) mass is 279 g/mol. The van der Waals surface area contributed by atoms with Crippen LogP contribution in [0.4, 0.5) is 0 Å². The predicted molar refractivity (Wildman–Crippen MR) is 81.5 cm³/mol. The lowest BCUT2D eigenvalue weighted by Gasteiger charge is -2.17. The molecule has 2 unspecified atom stereocenters. The van der Waals surface area contributed by atoms with Gasteiger partial charge in [0.2, 0.25) is 0 Å². The molecule has 1 rings (SSSR count). The van der Waals surface area contributed by atoms with Gasteiger partial charge in [0, 0.05) is 29.9 Å². The van der Waals surface area contributed by atoms with Crippen molar-refractivity contribution in [3.63, 3.8) is 0 Å². The van der Waals surface area contributed by atoms with E-state index in [-0.39, 0.29) is 6.04 Å². The first-order valence-electron chi connectivity index (χ1n) is 5.98. The number of allylic oxidation sites excluding steroid dienone is 1. The van der Waals surface area contributed by atoms with E-state index < -0.39 is 6.10 Å². The first-order chi connectivity index (χ1) is 9.22. The summed E-state index contributed by atoms with van der Waals surface area (Å²) in [5, 5.41) is 12.8. The Labute approximate surface area is 118 Å². The number of rotatable bonds is 7. The van der Waals surface area contributed by atoms with Gasteiger partial charge in [0.15, 0.2) is 6.40 Å². The minimum atomic E-state index is -0.756. The second kappa shape index (κ2) is 8.60. The number of aliphatic hydroxyl groups excluding tert-OH is 1. The molecule has 0 aliphatic heterocycles. The fraction of sp³-hybridized carbons (Fsp3) is 0.417. The van der Waals surface area contributed by atoms with Crippen LogP contribution < -0.4 is 0 Å². The van der Waals surface area contributed by atoms with Crippen molar-refractivity contribution in [2.75, 3.05) is 0 Å². The van der Waals surface area contributed by atoms with Crippen molar-refractivity contribution in [2.24, 2.45) is 9.98 Å². The van der Waals surface area contributed by atoms with E-state index in [1.165, 1.54) is 25.8 Å². The molecule has 0 spiro atoms. The number of hydrogen-bond donors (Lipinski definition) is 1. The van der Waals surface area contributed by atoms with Crippen LogP contribution in [0.25, 0.3) is 0 Å². The third-order valence-electron chi connectivity index (χ3n) is 2.47. The highest BCUT2D eigenvalue weighted by Gasteiger charge is 2.23. The van der Waals surface area contributed by atoms with Gasteiger partial charge in [0.05, 0.1) is 6.04 Å². The third kappa shape index (κ3) is 4.96. The van der Waals surface area contributed by atoms with Crippen molar-refractivity contribution in [3.8, 4) is 0 Å². The summed E-state index contributed by atoms with van der Waals surface area (Å²) in [5.41, 5.74) is 0.872. The number of aliphatic imine (C=N–C) groups is 2. The molecule has 0 bridgehead atoms. The molecule has 1 heterocycles. The lowest BCUT2D eigenvalue weighted by atomic mass is 10.1. The number of nitrogens with zero attached hydrogens (tertiary/aromatic N) is 3. The quantitative estimate of drug-likeness (QED) is 0.467. The van der Waals surface area contributed by atoms with Gasteiger partial charge in [-0.05, 0) is 13.8 Å². The lowest BCUT2D eigenvalue weighted by molar-refractivity contribution is 0.146. The molecule has 0 saturated heterocycles. The summed E-state index contributed by atoms with van der Waals surface area (Å²) in [5.74, 6) is 0. The van der Waals surface area contributed by atoms with Crippen molar-refractivity contribution >= 4 is 32.0 Å². The van der Waals surface area contributed by atoms with Gasteiger partial charge in [-0.25, -0.2) is 4.98 Å². The highest BCUT2D eigenvalue weighted by atomic mass is 32.1. The van der Waals surface area contributed by atoms with E-state index >= 15 is 0 Å². The van der Waals surface area contributed by atoms with E-state index in [2.05, 4.69) is 15.0 Å². The molecule has 0 radical (unpaired) electrons. The van der Waals surface area contributed by atoms with Crippen molar-refractivity contribution in [2.45, 2.75) is 32.4 Å². The van der Waals surface area contributed by atoms with Crippen molar-refractivity contribution < 1.29 is 9.76 Å². The zero-order chi connectivity index (χ0) is 14.1. The van der Waals surface area contributed by atoms with Gasteiger partial charge >= 0.3 is 8.05 Å². The van der Waals surface area contributed by atoms with E-state index in [1.807, 2.05) is 25.3 Å². The summed E-state index contributed by atoms with van der Waals surface area (Å²) in [4.78, 5) is 12.6. The van der Waals surface area contributed by atoms with Crippen LogP contribution in [0.1, 0.15) is 31.4 Å². The molecular weight excluding hydrogens is 261 g/mol. The average molecular weight is 279 g/mol. The van der Waals surface area contributed by atoms with Crippen molar-refractivity contribution in [3.05, 3.63) is 28.4 Å². The van der Waals surface area contributed by atoms with Crippen LogP contribution in [0, 0.1) is 0 Å². The highest BCUT2D eigenvalue weighted by Crippen LogP contribution is 2.25. The molecule has 0 aromatic carbocycles. The minimum absolute atomic E-state index is 0.360. The predicted octanol–water partition coefficient (Wildman–Crippen LogP) is 1.52. The molecule has 0 aliphatic carbocycles. The molecule has 0 saturated carbocycles. The van der Waals surface area contributed by atoms with Crippen molar-refractivity contribution in [1.82, 2.24) is 4.98 Å². The van der Waals surface area contributed by atoms with Gasteiger partial charge in [-0.1, -0.05) is 6.08 Å². The van der Waals surface area contributed by atoms with E-state index in [0.717, 1.165) is 5.70 Å². The summed E-state index contributed by atoms with van der Waals surface area (Å²) in [6, 6.07) is -0.360. The van der Waals surface area contributed by atoms with Gasteiger partial charge in [-0.2, -0.15) is 0 Å². The van der Waals surface area contributed by atoms with Crippen LogP contribution in [0.2, 0.25) is 0 Å². The zero-order valence-electron chi connectivity index (χ0n) is 11.4. The Morgan fingerprint density at radius 1 is 1.63 bits per heavy atom. The molecule has 0 fully saturated rings. The first kappa shape index (κ1) is 15.6. The van der Waals surface area contributed by atoms with Crippen LogP contribution in [0.15, 0.2) is 33.3 Å². The standard InChI is InChI=1S/C12H18BN3O2S/c1-3-9(14-4-2)7-10(16-8-18-13)11(17)12-15-5-6-19-12/h3-6,8,10-11,17H,7,13H2,1-2H3/b9-3-,14-4-,16-8?. The maximum absolute atomic E-state index is 10.3. The fourth-order valence-corrected chi connectivity index (χ4v) is 2.23. The largest absolute Gasteiger partial charge is 0.560 e. The van der Waals surface area contributed by atoms with E-state index in [9.17, 15) is 5.11 Å². The molecule has 7 heteroatoms. The minimum Gasteiger partial charge on any atom is -0.560 e. The zero-order valence-corrected chi connectivity index (χ0v) is 12.2. The maximum Gasteiger partial charge on any atom is 0.323 e. The maximum atomic E-state index is 10.3. The number of aromatic nitrogens is 1. The van der Waals surface area contributed by atoms with Gasteiger partial charge < -0.3 is 9.76 Å². The lowest BCUT2D eigenvalue weighted by Crippen LogP contribution is -2.17. The fourth-order valence-electron chi connectivity index (χ4n) is 1.56. The summed E-state index contributed by atoms with van der Waals surface area (Å²) in [6.45, 7) is 3.77. The van der Waals surface area contributed by atoms with Gasteiger partial charge in [-0.3, -0.25) is 9.98 Å². The molecule has 102 valence electrons. The molecule has 1 aromatic rings. The van der Waals surface area contributed by atoms with Gasteiger partial charge in [0.1, 0.15) is 11.1 Å². The van der Waals surface area contributed by atoms with E-state index in [0.29, 0.717) is 11.4 Å². The van der Waals surface area contributed by atoms with Crippen LogP contribution in [-0.2, 0) is 4.65 Å². The Bertz CT molecular complexity index is 446. The first-order valence-corrected chi connectivity index (χ1v) is 6.86. The Balaban J connectivity index is 2.85. The van der Waals surface area contributed by atoms with Crippen molar-refractivity contribution in [1.29, 1.82) is 0 Å². The third-order valence-corrected chi connectivity index (χ3v) is 3.32. The SMILES string of the molecule is BOC=NC(CC(=C/C)/N=C\C)C(O)c1nccs1. The second-order valence-corrected chi connectivity index (χ2v) is 4.67. The molecule has 0 amide bonds. The molecule has 5 nitrogen and oxygen atoms in total. The topological polar surface area (TPSA) is 67.1 Å². The van der Waals surface area contributed by atoms with Crippen LogP contribution >= 0.6 is 11.3 Å². The van der Waals surface area contributed by atoms with Gasteiger partial charge in [0.25, 0.3) is 0 Å². The Hall–Kier alpha value is -1.47. The summed E-state index contributed by atoms with van der Waals surface area (Å²) in [6.07, 6.45) is 6.41. The van der Waals surface area contributed by atoms with Crippen LogP contribution in [0.3, 0.4) is 0 Å².